The molecule has 36 heavy (non-hydrogen) atoms. The van der Waals surface area contributed by atoms with Gasteiger partial charge in [-0.25, -0.2) is 13.9 Å². The van der Waals surface area contributed by atoms with Crippen LogP contribution in [-0.4, -0.2) is 33.8 Å². The number of benzene rings is 2. The average molecular weight is 483 g/mol. The summed E-state index contributed by atoms with van der Waals surface area (Å²) in [6.45, 7) is 1.46. The van der Waals surface area contributed by atoms with Crippen LogP contribution in [0.4, 0.5) is 9.18 Å². The first-order valence-corrected chi connectivity index (χ1v) is 13.0. The third-order valence-corrected chi connectivity index (χ3v) is 8.75. The predicted octanol–water partition coefficient (Wildman–Crippen LogP) is 5.96. The summed E-state index contributed by atoms with van der Waals surface area (Å²) in [4.78, 5) is 15.0. The predicted molar refractivity (Wildman–Crippen MR) is 139 cm³/mol. The van der Waals surface area contributed by atoms with E-state index in [2.05, 4.69) is 47.8 Å². The van der Waals surface area contributed by atoms with Gasteiger partial charge in [0.1, 0.15) is 5.82 Å². The van der Waals surface area contributed by atoms with Crippen molar-refractivity contribution in [2.24, 2.45) is 5.92 Å². The highest BCUT2D eigenvalue weighted by molar-refractivity contribution is 5.76. The SMILES string of the molecule is O=C(NC1C[C@H]2CCC3=Cc4c(cnn4-c4ccc(F)cc4)C[C@@]32c2ccccc21)N1CC=CCC1.[HH]. The highest BCUT2D eigenvalue weighted by atomic mass is 19.1. The second kappa shape index (κ2) is 8.19. The van der Waals surface area contributed by atoms with E-state index in [0.29, 0.717) is 12.5 Å². The summed E-state index contributed by atoms with van der Waals surface area (Å²) in [5.74, 6) is 0.223. The van der Waals surface area contributed by atoms with Crippen molar-refractivity contribution >= 4 is 12.1 Å². The van der Waals surface area contributed by atoms with Crippen molar-refractivity contribution in [2.75, 3.05) is 13.1 Å². The van der Waals surface area contributed by atoms with Crippen molar-refractivity contribution in [1.29, 1.82) is 0 Å². The topological polar surface area (TPSA) is 50.2 Å². The van der Waals surface area contributed by atoms with E-state index < -0.39 is 0 Å². The number of aromatic nitrogens is 2. The first-order chi connectivity index (χ1) is 17.6. The Kier molecular flexibility index (Phi) is 4.91. The number of halogens is 1. The molecule has 7 rings (SSSR count). The van der Waals surface area contributed by atoms with Crippen molar-refractivity contribution in [3.8, 4) is 5.69 Å². The molecular weight excluding hydrogens is 451 g/mol. The van der Waals surface area contributed by atoms with Crippen molar-refractivity contribution < 1.29 is 10.6 Å². The van der Waals surface area contributed by atoms with E-state index >= 15 is 0 Å². The maximum absolute atomic E-state index is 13.5. The molecule has 4 aliphatic rings. The Morgan fingerprint density at radius 3 is 2.83 bits per heavy atom. The summed E-state index contributed by atoms with van der Waals surface area (Å²) in [5, 5.41) is 8.09. The monoisotopic (exact) mass is 482 g/mol. The Bertz CT molecular complexity index is 1410. The lowest BCUT2D eigenvalue weighted by atomic mass is 9.58. The average Bonchev–Trinajstić information content (AvgIpc) is 3.49. The zero-order valence-corrected chi connectivity index (χ0v) is 20.2. The second-order valence-corrected chi connectivity index (χ2v) is 10.5. The van der Waals surface area contributed by atoms with Gasteiger partial charge in [-0.2, -0.15) is 5.10 Å². The molecule has 1 unspecified atom stereocenters. The van der Waals surface area contributed by atoms with Gasteiger partial charge < -0.3 is 10.2 Å². The fourth-order valence-corrected chi connectivity index (χ4v) is 7.08. The summed E-state index contributed by atoms with van der Waals surface area (Å²) in [5.41, 5.74) is 7.23. The molecule has 2 aromatic carbocycles. The number of hydrogen-bond acceptors (Lipinski definition) is 2. The number of allylic oxidation sites excluding steroid dienone is 1. The Hall–Kier alpha value is -3.67. The maximum atomic E-state index is 13.5. The molecule has 1 aromatic heterocycles. The van der Waals surface area contributed by atoms with E-state index in [1.807, 2.05) is 15.8 Å². The van der Waals surface area contributed by atoms with Crippen LogP contribution in [0.1, 0.15) is 55.5 Å². The van der Waals surface area contributed by atoms with E-state index in [1.165, 1.54) is 34.4 Å². The van der Waals surface area contributed by atoms with E-state index in [0.717, 1.165) is 50.0 Å². The largest absolute Gasteiger partial charge is 0.331 e. The van der Waals surface area contributed by atoms with Gasteiger partial charge >= 0.3 is 6.03 Å². The number of carbonyl (C=O) groups is 1. The van der Waals surface area contributed by atoms with Crippen LogP contribution in [0.5, 0.6) is 0 Å². The lowest BCUT2D eigenvalue weighted by Crippen LogP contribution is -2.48. The van der Waals surface area contributed by atoms with Crippen LogP contribution in [0.25, 0.3) is 11.8 Å². The first kappa shape index (κ1) is 21.6. The van der Waals surface area contributed by atoms with Gasteiger partial charge in [0.15, 0.2) is 0 Å². The Labute approximate surface area is 211 Å². The third kappa shape index (κ3) is 3.20. The van der Waals surface area contributed by atoms with E-state index in [-0.39, 0.29) is 24.7 Å². The normalized spacial score (nSPS) is 25.9. The molecule has 0 bridgehead atoms. The molecule has 2 heterocycles. The molecule has 3 aliphatic carbocycles. The molecule has 0 saturated heterocycles. The number of urea groups is 1. The van der Waals surface area contributed by atoms with E-state index in [4.69, 9.17) is 5.10 Å². The van der Waals surface area contributed by atoms with E-state index in [9.17, 15) is 9.18 Å². The molecule has 184 valence electrons. The van der Waals surface area contributed by atoms with Crippen LogP contribution >= 0.6 is 0 Å². The van der Waals surface area contributed by atoms with Crippen LogP contribution in [0, 0.1) is 11.7 Å². The number of fused-ring (bicyclic) bond motifs is 2. The highest BCUT2D eigenvalue weighted by Gasteiger charge is 2.54. The highest BCUT2D eigenvalue weighted by Crippen LogP contribution is 2.60. The zero-order valence-electron chi connectivity index (χ0n) is 20.2. The molecule has 0 radical (unpaired) electrons. The number of hydrogen-bond donors (Lipinski definition) is 1. The quantitative estimate of drug-likeness (QED) is 0.458. The van der Waals surface area contributed by atoms with Gasteiger partial charge in [-0.1, -0.05) is 42.0 Å². The molecule has 1 saturated carbocycles. The molecule has 1 N–H and O–H groups in total. The van der Waals surface area contributed by atoms with Crippen LogP contribution < -0.4 is 5.32 Å². The van der Waals surface area contributed by atoms with Crippen LogP contribution in [-0.2, 0) is 11.8 Å². The van der Waals surface area contributed by atoms with Crippen LogP contribution in [0.15, 0.2) is 72.5 Å². The van der Waals surface area contributed by atoms with Gasteiger partial charge in [-0.05, 0) is 85.1 Å². The number of nitrogens with zero attached hydrogens (tertiary/aromatic N) is 3. The van der Waals surface area contributed by atoms with Gasteiger partial charge in [-0.15, -0.1) is 0 Å². The summed E-state index contributed by atoms with van der Waals surface area (Å²) in [6.07, 6.45) is 13.5. The van der Waals surface area contributed by atoms with Crippen molar-refractivity contribution in [3.05, 3.63) is 101 Å². The fourth-order valence-electron chi connectivity index (χ4n) is 7.08. The minimum Gasteiger partial charge on any atom is -0.331 e. The minimum atomic E-state index is -0.243. The molecule has 1 aliphatic heterocycles. The van der Waals surface area contributed by atoms with Gasteiger partial charge in [-0.3, -0.25) is 0 Å². The summed E-state index contributed by atoms with van der Waals surface area (Å²) in [7, 11) is 0. The molecule has 2 amide bonds. The van der Waals surface area contributed by atoms with Gasteiger partial charge in [0, 0.05) is 19.9 Å². The number of rotatable bonds is 2. The lowest BCUT2D eigenvalue weighted by molar-refractivity contribution is 0.189. The Morgan fingerprint density at radius 1 is 1.14 bits per heavy atom. The standard InChI is InChI=1S/C30H29FN4O.H2/c31-23-10-12-24(13-11-23)35-28-17-22-9-8-21-16-27(33-29(36)34-14-4-1-5-15-34)25-6-2-3-7-26(25)30(21,22)18-20(28)19-32-35;/h1-4,6-7,10-13,17,19,21,27H,5,8-9,14-16,18H2,(H,33,36);1H/t21-,27?,30+;/m1./s1. The number of nitrogens with one attached hydrogen (secondary N) is 1. The van der Waals surface area contributed by atoms with Gasteiger partial charge in [0.05, 0.1) is 23.6 Å². The van der Waals surface area contributed by atoms with Crippen molar-refractivity contribution in [1.82, 2.24) is 20.0 Å². The fraction of sp³-hybridized carbons (Fsp3) is 0.333. The second-order valence-electron chi connectivity index (χ2n) is 10.5. The molecule has 3 atom stereocenters. The molecular formula is C30H31FN4O. The minimum absolute atomic E-state index is 0. The third-order valence-electron chi connectivity index (χ3n) is 8.75. The number of carbonyl (C=O) groups excluding carboxylic acids is 1. The molecule has 1 spiro atoms. The Balaban J connectivity index is 0.00000252. The molecule has 1 fully saturated rings. The molecule has 5 nitrogen and oxygen atoms in total. The van der Waals surface area contributed by atoms with Crippen molar-refractivity contribution in [2.45, 2.75) is 43.6 Å². The van der Waals surface area contributed by atoms with Crippen LogP contribution in [0.3, 0.4) is 0 Å². The summed E-state index contributed by atoms with van der Waals surface area (Å²) < 4.78 is 15.4. The lowest BCUT2D eigenvalue weighted by Gasteiger charge is -2.47. The first-order valence-electron chi connectivity index (χ1n) is 13.0. The van der Waals surface area contributed by atoms with E-state index in [1.54, 1.807) is 12.1 Å². The molecule has 3 aromatic rings. The number of amides is 2. The summed E-state index contributed by atoms with van der Waals surface area (Å²) >= 11 is 0. The molecule has 6 heteroatoms. The summed E-state index contributed by atoms with van der Waals surface area (Å²) in [6, 6.07) is 15.3. The van der Waals surface area contributed by atoms with Crippen molar-refractivity contribution in [3.63, 3.8) is 0 Å². The van der Waals surface area contributed by atoms with Gasteiger partial charge in [0.2, 0.25) is 0 Å². The van der Waals surface area contributed by atoms with Crippen LogP contribution in [0.2, 0.25) is 0 Å². The zero-order chi connectivity index (χ0) is 24.3. The Morgan fingerprint density at radius 2 is 2.00 bits per heavy atom. The van der Waals surface area contributed by atoms with Gasteiger partial charge in [0.25, 0.3) is 0 Å². The maximum Gasteiger partial charge on any atom is 0.318 e. The smallest absolute Gasteiger partial charge is 0.318 e.